The predicted octanol–water partition coefficient (Wildman–Crippen LogP) is 2.68. The van der Waals surface area contributed by atoms with Crippen molar-refractivity contribution >= 4 is 22.4 Å². The molecular weight excluding hydrogens is 300 g/mol. The van der Waals surface area contributed by atoms with Gasteiger partial charge in [-0.2, -0.15) is 0 Å². The van der Waals surface area contributed by atoms with Crippen LogP contribution < -0.4 is 14.4 Å². The average molecular weight is 316 g/mol. The quantitative estimate of drug-likeness (QED) is 0.873. The van der Waals surface area contributed by atoms with Gasteiger partial charge in [0.1, 0.15) is 13.2 Å². The fourth-order valence-corrected chi connectivity index (χ4v) is 3.46. The topological polar surface area (TPSA) is 51.7 Å². The molecular formula is C16H16N2O3S. The molecule has 2 atom stereocenters. The van der Waals surface area contributed by atoms with E-state index in [4.69, 9.17) is 9.47 Å². The van der Waals surface area contributed by atoms with E-state index in [-0.39, 0.29) is 17.7 Å². The van der Waals surface area contributed by atoms with Crippen LogP contribution in [-0.2, 0) is 4.79 Å². The van der Waals surface area contributed by atoms with Gasteiger partial charge < -0.3 is 9.47 Å². The monoisotopic (exact) mass is 316 g/mol. The normalized spacial score (nSPS) is 22.2. The maximum Gasteiger partial charge on any atom is 0.232 e. The van der Waals surface area contributed by atoms with E-state index in [1.54, 1.807) is 18.1 Å². The minimum Gasteiger partial charge on any atom is -0.486 e. The van der Waals surface area contributed by atoms with E-state index in [0.717, 1.165) is 28.6 Å². The third-order valence-electron chi connectivity index (χ3n) is 4.14. The molecule has 2 aromatic rings. The summed E-state index contributed by atoms with van der Waals surface area (Å²) in [5.41, 5.74) is 1.15. The van der Waals surface area contributed by atoms with Crippen molar-refractivity contribution in [3.63, 3.8) is 0 Å². The van der Waals surface area contributed by atoms with E-state index in [2.05, 4.69) is 4.98 Å². The van der Waals surface area contributed by atoms with E-state index in [0.29, 0.717) is 13.2 Å². The third-order valence-corrected chi connectivity index (χ3v) is 4.99. The Labute approximate surface area is 132 Å². The zero-order valence-corrected chi connectivity index (χ0v) is 13.0. The molecule has 6 heteroatoms. The van der Waals surface area contributed by atoms with Crippen LogP contribution in [0.4, 0.5) is 5.13 Å². The molecule has 114 valence electrons. The molecule has 0 saturated heterocycles. The second-order valence-electron chi connectivity index (χ2n) is 5.56. The van der Waals surface area contributed by atoms with Gasteiger partial charge in [0.05, 0.1) is 0 Å². The number of nitrogens with zero attached hydrogens (tertiary/aromatic N) is 2. The number of hydrogen-bond acceptors (Lipinski definition) is 5. The smallest absolute Gasteiger partial charge is 0.232 e. The number of rotatable bonds is 3. The summed E-state index contributed by atoms with van der Waals surface area (Å²) in [5.74, 6) is 2.02. The number of hydrogen-bond donors (Lipinski definition) is 0. The van der Waals surface area contributed by atoms with Crippen molar-refractivity contribution in [2.45, 2.75) is 12.3 Å². The first-order valence-electron chi connectivity index (χ1n) is 7.30. The Balaban J connectivity index is 1.49. The lowest BCUT2D eigenvalue weighted by atomic mass is 10.1. The number of ether oxygens (including phenoxy) is 2. The van der Waals surface area contributed by atoms with Gasteiger partial charge >= 0.3 is 0 Å². The van der Waals surface area contributed by atoms with E-state index in [1.807, 2.05) is 23.6 Å². The number of benzene rings is 1. The number of thiazole rings is 1. The molecule has 1 amide bonds. The highest BCUT2D eigenvalue weighted by atomic mass is 32.1. The van der Waals surface area contributed by atoms with E-state index in [1.165, 1.54) is 11.3 Å². The number of amides is 1. The molecule has 1 aromatic carbocycles. The molecule has 0 N–H and O–H groups in total. The Morgan fingerprint density at radius 2 is 2.14 bits per heavy atom. The molecule has 0 spiro atoms. The van der Waals surface area contributed by atoms with Gasteiger partial charge in [0, 0.05) is 24.5 Å². The lowest BCUT2D eigenvalue weighted by Crippen LogP contribution is -2.28. The van der Waals surface area contributed by atoms with Gasteiger partial charge in [-0.1, -0.05) is 6.07 Å². The lowest BCUT2D eigenvalue weighted by molar-refractivity contribution is -0.119. The van der Waals surface area contributed by atoms with Gasteiger partial charge in [0.2, 0.25) is 5.91 Å². The number of carbonyl (C=O) groups is 1. The van der Waals surface area contributed by atoms with Crippen molar-refractivity contribution in [2.24, 2.45) is 5.92 Å². The first-order chi connectivity index (χ1) is 10.7. The van der Waals surface area contributed by atoms with E-state index in [9.17, 15) is 4.79 Å². The van der Waals surface area contributed by atoms with Crippen LogP contribution in [0.2, 0.25) is 0 Å². The molecule has 2 heterocycles. The number of aromatic nitrogens is 1. The molecule has 1 aliphatic heterocycles. The Bertz CT molecular complexity index is 701. The molecule has 2 aliphatic rings. The highest BCUT2D eigenvalue weighted by Crippen LogP contribution is 2.50. The Hall–Kier alpha value is -2.08. The second-order valence-corrected chi connectivity index (χ2v) is 6.44. The highest BCUT2D eigenvalue weighted by molar-refractivity contribution is 7.13. The highest BCUT2D eigenvalue weighted by Gasteiger charge is 2.46. The summed E-state index contributed by atoms with van der Waals surface area (Å²) in [6.07, 6.45) is 2.60. The Morgan fingerprint density at radius 3 is 2.91 bits per heavy atom. The predicted molar refractivity (Wildman–Crippen MR) is 83.8 cm³/mol. The van der Waals surface area contributed by atoms with Crippen LogP contribution in [0.1, 0.15) is 17.9 Å². The lowest BCUT2D eigenvalue weighted by Gasteiger charge is -2.19. The Morgan fingerprint density at radius 1 is 1.32 bits per heavy atom. The van der Waals surface area contributed by atoms with Crippen LogP contribution in [0.3, 0.4) is 0 Å². The van der Waals surface area contributed by atoms with Gasteiger partial charge in [0.25, 0.3) is 0 Å². The molecule has 22 heavy (non-hydrogen) atoms. The van der Waals surface area contributed by atoms with Gasteiger partial charge in [0.15, 0.2) is 16.6 Å². The molecule has 0 bridgehead atoms. The standard InChI is InChI=1S/C16H16N2O3S/c1-18(16-17-4-7-22-16)15(19)12-9-11(12)10-2-3-13-14(8-10)21-6-5-20-13/h2-4,7-8,11-12H,5-6,9H2,1H3/t11-,12-/m0/s1. The van der Waals surface area contributed by atoms with Crippen LogP contribution in [0.5, 0.6) is 11.5 Å². The minimum absolute atomic E-state index is 0.0384. The molecule has 1 saturated carbocycles. The maximum absolute atomic E-state index is 12.5. The second kappa shape index (κ2) is 5.28. The molecule has 0 unspecified atom stereocenters. The molecule has 1 fully saturated rings. The van der Waals surface area contributed by atoms with Crippen molar-refractivity contribution in [1.29, 1.82) is 0 Å². The zero-order valence-electron chi connectivity index (χ0n) is 12.2. The van der Waals surface area contributed by atoms with Crippen LogP contribution >= 0.6 is 11.3 Å². The number of carbonyl (C=O) groups excluding carboxylic acids is 1. The Kier molecular flexibility index (Phi) is 3.26. The van der Waals surface area contributed by atoms with Gasteiger partial charge in [-0.3, -0.25) is 9.69 Å². The SMILES string of the molecule is CN(C(=O)[C@H]1C[C@H]1c1ccc2c(c1)OCCO2)c1nccs1. The summed E-state index contributed by atoms with van der Waals surface area (Å²) in [5, 5.41) is 2.63. The van der Waals surface area contributed by atoms with Crippen LogP contribution in [-0.4, -0.2) is 31.2 Å². The van der Waals surface area contributed by atoms with Gasteiger partial charge in [-0.15, -0.1) is 11.3 Å². The molecule has 1 aromatic heterocycles. The first kappa shape index (κ1) is 13.6. The maximum atomic E-state index is 12.5. The van der Waals surface area contributed by atoms with Crippen molar-refractivity contribution < 1.29 is 14.3 Å². The van der Waals surface area contributed by atoms with E-state index < -0.39 is 0 Å². The summed E-state index contributed by atoms with van der Waals surface area (Å²) in [6, 6.07) is 5.99. The first-order valence-corrected chi connectivity index (χ1v) is 8.18. The molecule has 1 aliphatic carbocycles. The summed E-state index contributed by atoms with van der Waals surface area (Å²) in [4.78, 5) is 18.4. The summed E-state index contributed by atoms with van der Waals surface area (Å²) in [6.45, 7) is 1.17. The minimum atomic E-state index is 0.0384. The van der Waals surface area contributed by atoms with Gasteiger partial charge in [-0.25, -0.2) is 4.98 Å². The zero-order chi connectivity index (χ0) is 15.1. The average Bonchev–Trinajstić information content (AvgIpc) is 3.17. The van der Waals surface area contributed by atoms with Crippen molar-refractivity contribution in [2.75, 3.05) is 25.2 Å². The molecule has 0 radical (unpaired) electrons. The largest absolute Gasteiger partial charge is 0.486 e. The fourth-order valence-electron chi connectivity index (χ4n) is 2.85. The molecule has 4 rings (SSSR count). The summed E-state index contributed by atoms with van der Waals surface area (Å²) in [7, 11) is 1.79. The fraction of sp³-hybridized carbons (Fsp3) is 0.375. The van der Waals surface area contributed by atoms with Crippen molar-refractivity contribution in [3.05, 3.63) is 35.3 Å². The van der Waals surface area contributed by atoms with Gasteiger partial charge in [-0.05, 0) is 30.0 Å². The summed E-state index contributed by atoms with van der Waals surface area (Å²) < 4.78 is 11.1. The molecule has 5 nitrogen and oxygen atoms in total. The van der Waals surface area contributed by atoms with Crippen molar-refractivity contribution in [1.82, 2.24) is 4.98 Å². The number of anilines is 1. The number of fused-ring (bicyclic) bond motifs is 1. The van der Waals surface area contributed by atoms with Crippen LogP contribution in [0, 0.1) is 5.92 Å². The van der Waals surface area contributed by atoms with E-state index >= 15 is 0 Å². The third kappa shape index (κ3) is 2.33. The van der Waals surface area contributed by atoms with Crippen LogP contribution in [0.15, 0.2) is 29.8 Å². The van der Waals surface area contributed by atoms with Crippen molar-refractivity contribution in [3.8, 4) is 11.5 Å². The summed E-state index contributed by atoms with van der Waals surface area (Å²) >= 11 is 1.48. The van der Waals surface area contributed by atoms with Crippen LogP contribution in [0.25, 0.3) is 0 Å².